The van der Waals surface area contributed by atoms with Crippen LogP contribution in [0, 0.1) is 0 Å². The Bertz CT molecular complexity index is 599. The molecule has 0 heterocycles. The number of amides is 2. The lowest BCUT2D eigenvalue weighted by atomic mass is 10.1. The van der Waals surface area contributed by atoms with Gasteiger partial charge in [-0.1, -0.05) is 0 Å². The van der Waals surface area contributed by atoms with E-state index in [4.69, 9.17) is 9.84 Å². The number of aliphatic carboxylic acids is 1. The molecule has 152 valence electrons. The number of ether oxygens (including phenoxy) is 1. The van der Waals surface area contributed by atoms with Gasteiger partial charge in [-0.3, -0.25) is 4.79 Å². The number of carboxylic acid groups (broad SMARTS) is 1. The number of rotatable bonds is 10. The average molecular weight is 395 g/mol. The zero-order valence-corrected chi connectivity index (χ0v) is 16.7. The summed E-state index contributed by atoms with van der Waals surface area (Å²) in [6, 6.07) is -1.26. The molecule has 2 amide bonds. The maximum Gasteiger partial charge on any atom is 0.408 e. The van der Waals surface area contributed by atoms with E-state index in [-0.39, 0.29) is 37.6 Å². The number of carboxylic acids is 1. The smallest absolute Gasteiger partial charge is 0.408 e. The van der Waals surface area contributed by atoms with Gasteiger partial charge < -0.3 is 20.1 Å². The van der Waals surface area contributed by atoms with Crippen LogP contribution in [0.25, 0.3) is 0 Å². The van der Waals surface area contributed by atoms with Gasteiger partial charge in [0.05, 0.1) is 5.75 Å². The van der Waals surface area contributed by atoms with Crippen molar-refractivity contribution >= 4 is 28.0 Å². The Morgan fingerprint density at radius 1 is 1.23 bits per heavy atom. The molecule has 11 heteroatoms. The van der Waals surface area contributed by atoms with Crippen molar-refractivity contribution in [3.05, 3.63) is 0 Å². The molecule has 0 aromatic carbocycles. The second-order valence-corrected chi connectivity index (χ2v) is 8.78. The number of likely N-dealkylation sites (N-methyl/N-ethyl adjacent to an activating group) is 1. The van der Waals surface area contributed by atoms with Gasteiger partial charge >= 0.3 is 12.1 Å². The molecule has 0 fully saturated rings. The SMILES string of the molecule is CCS(=O)(=O)NCCN(C)C(=O)CC[C@H](NC(=O)OC(C)(C)C)C(=O)O. The highest BCUT2D eigenvalue weighted by molar-refractivity contribution is 7.89. The molecule has 26 heavy (non-hydrogen) atoms. The third-order valence-corrected chi connectivity index (χ3v) is 4.61. The Balaban J connectivity index is 4.45. The molecular weight excluding hydrogens is 366 g/mol. The first-order chi connectivity index (χ1) is 11.8. The maximum absolute atomic E-state index is 12.0. The molecule has 0 aliphatic carbocycles. The summed E-state index contributed by atoms with van der Waals surface area (Å²) in [6.45, 7) is 6.65. The first-order valence-electron chi connectivity index (χ1n) is 8.21. The van der Waals surface area contributed by atoms with Crippen LogP contribution in [0.5, 0.6) is 0 Å². The average Bonchev–Trinajstić information content (AvgIpc) is 2.48. The van der Waals surface area contributed by atoms with Gasteiger partial charge in [0.1, 0.15) is 11.6 Å². The monoisotopic (exact) mass is 395 g/mol. The number of nitrogens with one attached hydrogen (secondary N) is 2. The van der Waals surface area contributed by atoms with E-state index in [2.05, 4.69) is 10.0 Å². The highest BCUT2D eigenvalue weighted by Gasteiger charge is 2.25. The van der Waals surface area contributed by atoms with E-state index in [1.54, 1.807) is 20.8 Å². The molecule has 0 spiro atoms. The van der Waals surface area contributed by atoms with Crippen molar-refractivity contribution in [3.8, 4) is 0 Å². The highest BCUT2D eigenvalue weighted by atomic mass is 32.2. The van der Waals surface area contributed by atoms with Gasteiger partial charge in [-0.2, -0.15) is 0 Å². The Morgan fingerprint density at radius 2 is 1.81 bits per heavy atom. The molecule has 0 radical (unpaired) electrons. The number of carbonyl (C=O) groups is 3. The standard InChI is InChI=1S/C15H29N3O7S/c1-6-26(23,24)16-9-10-18(5)12(19)8-7-11(13(20)21)17-14(22)25-15(2,3)4/h11,16H,6-10H2,1-5H3,(H,17,22)(H,20,21)/t11-/m0/s1. The molecule has 0 rings (SSSR count). The van der Waals surface area contributed by atoms with Gasteiger partial charge in [-0.05, 0) is 34.1 Å². The fraction of sp³-hybridized carbons (Fsp3) is 0.800. The van der Waals surface area contributed by atoms with Crippen molar-refractivity contribution in [1.82, 2.24) is 14.9 Å². The Kier molecular flexibility index (Phi) is 9.57. The number of alkyl carbamates (subject to hydrolysis) is 1. The quantitative estimate of drug-likeness (QED) is 0.477. The second kappa shape index (κ2) is 10.3. The number of hydrogen-bond donors (Lipinski definition) is 3. The van der Waals surface area contributed by atoms with Crippen LogP contribution in [0.4, 0.5) is 4.79 Å². The Hall–Kier alpha value is -1.88. The lowest BCUT2D eigenvalue weighted by Crippen LogP contribution is -2.44. The maximum atomic E-state index is 12.0. The van der Waals surface area contributed by atoms with E-state index in [0.29, 0.717) is 0 Å². The summed E-state index contributed by atoms with van der Waals surface area (Å²) in [7, 11) is -1.85. The van der Waals surface area contributed by atoms with E-state index in [1.807, 2.05) is 0 Å². The van der Waals surface area contributed by atoms with Gasteiger partial charge in [0.25, 0.3) is 0 Å². The second-order valence-electron chi connectivity index (χ2n) is 6.69. The largest absolute Gasteiger partial charge is 0.480 e. The molecule has 1 atom stereocenters. The summed E-state index contributed by atoms with van der Waals surface area (Å²) < 4.78 is 30.0. The van der Waals surface area contributed by atoms with Crippen molar-refractivity contribution in [2.45, 2.75) is 52.2 Å². The molecular formula is C15H29N3O7S. The first-order valence-corrected chi connectivity index (χ1v) is 9.86. The molecule has 3 N–H and O–H groups in total. The third kappa shape index (κ3) is 10.9. The normalized spacial score (nSPS) is 13.0. The molecule has 0 aromatic heterocycles. The fourth-order valence-corrected chi connectivity index (χ4v) is 2.37. The van der Waals surface area contributed by atoms with Crippen LogP contribution in [0.3, 0.4) is 0 Å². The van der Waals surface area contributed by atoms with E-state index >= 15 is 0 Å². The molecule has 0 aliphatic heterocycles. The van der Waals surface area contributed by atoms with Crippen LogP contribution in [0.1, 0.15) is 40.5 Å². The minimum absolute atomic E-state index is 0.0543. The molecule has 10 nitrogen and oxygen atoms in total. The zero-order valence-electron chi connectivity index (χ0n) is 15.9. The molecule has 0 saturated heterocycles. The van der Waals surface area contributed by atoms with Crippen LogP contribution < -0.4 is 10.0 Å². The summed E-state index contributed by atoms with van der Waals surface area (Å²) >= 11 is 0. The van der Waals surface area contributed by atoms with Crippen LogP contribution in [0.15, 0.2) is 0 Å². The lowest BCUT2D eigenvalue weighted by molar-refractivity contribution is -0.140. The molecule has 0 unspecified atom stereocenters. The predicted molar refractivity (Wildman–Crippen MR) is 95.1 cm³/mol. The number of sulfonamides is 1. The van der Waals surface area contributed by atoms with Gasteiger partial charge in [-0.15, -0.1) is 0 Å². The van der Waals surface area contributed by atoms with Crippen molar-refractivity contribution in [1.29, 1.82) is 0 Å². The van der Waals surface area contributed by atoms with Crippen molar-refractivity contribution in [3.63, 3.8) is 0 Å². The zero-order chi connectivity index (χ0) is 20.5. The highest BCUT2D eigenvalue weighted by Crippen LogP contribution is 2.08. The van der Waals surface area contributed by atoms with Crippen molar-refractivity contribution in [2.75, 3.05) is 25.9 Å². The van der Waals surface area contributed by atoms with Crippen LogP contribution in [-0.2, 0) is 24.3 Å². The fourth-order valence-electron chi connectivity index (χ4n) is 1.76. The summed E-state index contributed by atoms with van der Waals surface area (Å²) in [6.07, 6.45) is -1.11. The molecule has 0 aliphatic rings. The summed E-state index contributed by atoms with van der Waals surface area (Å²) in [5, 5.41) is 11.4. The van der Waals surface area contributed by atoms with E-state index in [9.17, 15) is 22.8 Å². The van der Waals surface area contributed by atoms with E-state index in [0.717, 1.165) is 0 Å². The Morgan fingerprint density at radius 3 is 2.27 bits per heavy atom. The van der Waals surface area contributed by atoms with Gasteiger partial charge in [0.15, 0.2) is 0 Å². The van der Waals surface area contributed by atoms with Crippen LogP contribution >= 0.6 is 0 Å². The number of nitrogens with zero attached hydrogens (tertiary/aromatic N) is 1. The lowest BCUT2D eigenvalue weighted by Gasteiger charge is -2.22. The van der Waals surface area contributed by atoms with Gasteiger partial charge in [0, 0.05) is 26.6 Å². The number of carbonyl (C=O) groups excluding carboxylic acids is 2. The number of hydrogen-bond acceptors (Lipinski definition) is 6. The molecule has 0 bridgehead atoms. The molecule has 0 saturated carbocycles. The minimum atomic E-state index is -3.33. The van der Waals surface area contributed by atoms with Crippen LogP contribution in [-0.4, -0.2) is 73.9 Å². The van der Waals surface area contributed by atoms with Crippen LogP contribution in [0.2, 0.25) is 0 Å². The van der Waals surface area contributed by atoms with E-state index < -0.39 is 33.7 Å². The third-order valence-electron chi connectivity index (χ3n) is 3.21. The summed E-state index contributed by atoms with van der Waals surface area (Å²) in [5.74, 6) is -1.69. The summed E-state index contributed by atoms with van der Waals surface area (Å²) in [4.78, 5) is 36.2. The minimum Gasteiger partial charge on any atom is -0.480 e. The van der Waals surface area contributed by atoms with E-state index in [1.165, 1.54) is 18.9 Å². The molecule has 0 aromatic rings. The van der Waals surface area contributed by atoms with Gasteiger partial charge in [-0.25, -0.2) is 22.7 Å². The predicted octanol–water partition coefficient (Wildman–Crippen LogP) is 0.142. The van der Waals surface area contributed by atoms with Gasteiger partial charge in [0.2, 0.25) is 15.9 Å². The topological polar surface area (TPSA) is 142 Å². The Labute approximate surface area is 154 Å². The van der Waals surface area contributed by atoms with Crippen molar-refractivity contribution < 1.29 is 32.6 Å². The van der Waals surface area contributed by atoms with Crippen molar-refractivity contribution in [2.24, 2.45) is 0 Å². The first kappa shape index (κ1) is 24.1. The summed E-state index contributed by atoms with van der Waals surface area (Å²) in [5.41, 5.74) is -0.769.